The number of benzene rings is 2. The maximum absolute atomic E-state index is 14.9. The van der Waals surface area contributed by atoms with E-state index in [9.17, 15) is 19.2 Å². The van der Waals surface area contributed by atoms with E-state index in [0.29, 0.717) is 16.3 Å². The molecule has 0 aliphatic carbocycles. The number of nitrogens with zero attached hydrogens (tertiary/aromatic N) is 1. The maximum Gasteiger partial charge on any atom is 0.256 e. The van der Waals surface area contributed by atoms with Gasteiger partial charge in [0.15, 0.2) is 0 Å². The summed E-state index contributed by atoms with van der Waals surface area (Å²) in [5, 5.41) is 17.1. The van der Waals surface area contributed by atoms with Crippen molar-refractivity contribution in [2.45, 2.75) is 38.3 Å². The van der Waals surface area contributed by atoms with E-state index in [2.05, 4.69) is 15.6 Å². The van der Waals surface area contributed by atoms with Crippen molar-refractivity contribution in [2.75, 3.05) is 6.54 Å². The number of halogens is 1. The quantitative estimate of drug-likeness (QED) is 0.568. The lowest BCUT2D eigenvalue weighted by atomic mass is 9.96. The van der Waals surface area contributed by atoms with Gasteiger partial charge in [0.25, 0.3) is 5.56 Å². The van der Waals surface area contributed by atoms with Crippen molar-refractivity contribution in [1.29, 1.82) is 5.26 Å². The fourth-order valence-corrected chi connectivity index (χ4v) is 4.32. The third-order valence-electron chi connectivity index (χ3n) is 5.95. The van der Waals surface area contributed by atoms with Gasteiger partial charge < -0.3 is 15.6 Å². The molecule has 4 rings (SSSR count). The number of nitrogens with one attached hydrogen (secondary N) is 3. The lowest BCUT2D eigenvalue weighted by Gasteiger charge is -2.20. The van der Waals surface area contributed by atoms with Gasteiger partial charge in [-0.1, -0.05) is 31.5 Å². The largest absolute Gasteiger partial charge is 0.339 e. The first-order valence-electron chi connectivity index (χ1n) is 10.2. The van der Waals surface area contributed by atoms with Crippen molar-refractivity contribution in [3.63, 3.8) is 0 Å². The van der Waals surface area contributed by atoms with Gasteiger partial charge in [0.1, 0.15) is 11.9 Å². The van der Waals surface area contributed by atoms with E-state index in [0.717, 1.165) is 24.8 Å². The number of amides is 1. The zero-order valence-corrected chi connectivity index (χ0v) is 16.7. The number of aromatic nitrogens is 1. The number of hydrogen-bond donors (Lipinski definition) is 3. The van der Waals surface area contributed by atoms with Crippen LogP contribution >= 0.6 is 0 Å². The number of carbonyl (C=O) groups excluding carboxylic acids is 1. The van der Waals surface area contributed by atoms with E-state index in [4.69, 9.17) is 0 Å². The standard InChI is InChI=1S/C23H23FN4O2/c1-2-13-7-8-26-21(13)23(30)27-15(12-25)9-14-10-18-17(11-19(14)24)16-5-3-4-6-20(16)28-22(18)29/h3-6,10-11,13,15,21,26H,2,7-9H2,1H3,(H,27,30)(H,28,29)/t13-,15?,21-/m0/s1. The number of nitriles is 1. The van der Waals surface area contributed by atoms with Crippen LogP contribution in [0.1, 0.15) is 25.3 Å². The summed E-state index contributed by atoms with van der Waals surface area (Å²) < 4.78 is 14.9. The number of fused-ring (bicyclic) bond motifs is 3. The number of carbonyl (C=O) groups is 1. The van der Waals surface area contributed by atoms with Gasteiger partial charge in [-0.25, -0.2) is 4.39 Å². The molecule has 0 saturated carbocycles. The molecule has 1 saturated heterocycles. The molecule has 3 atom stereocenters. The van der Waals surface area contributed by atoms with E-state index >= 15 is 0 Å². The monoisotopic (exact) mass is 406 g/mol. The fourth-order valence-electron chi connectivity index (χ4n) is 4.32. The van der Waals surface area contributed by atoms with Crippen LogP contribution in [-0.2, 0) is 11.2 Å². The van der Waals surface area contributed by atoms with Gasteiger partial charge in [0.2, 0.25) is 5.91 Å². The number of H-pyrrole nitrogens is 1. The van der Waals surface area contributed by atoms with Crippen LogP contribution in [0, 0.1) is 23.1 Å². The zero-order chi connectivity index (χ0) is 21.3. The van der Waals surface area contributed by atoms with Gasteiger partial charge in [-0.15, -0.1) is 0 Å². The van der Waals surface area contributed by atoms with Crippen LogP contribution in [0.15, 0.2) is 41.2 Å². The molecular weight excluding hydrogens is 383 g/mol. The highest BCUT2D eigenvalue weighted by Crippen LogP contribution is 2.25. The molecule has 1 aromatic heterocycles. The van der Waals surface area contributed by atoms with Crippen LogP contribution < -0.4 is 16.2 Å². The van der Waals surface area contributed by atoms with Gasteiger partial charge in [0, 0.05) is 22.7 Å². The van der Waals surface area contributed by atoms with Crippen molar-refractivity contribution in [3.8, 4) is 6.07 Å². The van der Waals surface area contributed by atoms with Crippen LogP contribution in [0.4, 0.5) is 4.39 Å². The Bertz CT molecular complexity index is 1210. The van der Waals surface area contributed by atoms with E-state index in [1.54, 1.807) is 12.1 Å². The number of para-hydroxylation sites is 1. The van der Waals surface area contributed by atoms with Gasteiger partial charge in [0.05, 0.1) is 12.1 Å². The van der Waals surface area contributed by atoms with E-state index in [1.165, 1.54) is 12.1 Å². The van der Waals surface area contributed by atoms with Gasteiger partial charge in [-0.3, -0.25) is 9.59 Å². The molecule has 0 spiro atoms. The average molecular weight is 406 g/mol. The molecule has 1 fully saturated rings. The number of pyridine rings is 1. The summed E-state index contributed by atoms with van der Waals surface area (Å²) in [7, 11) is 0. The minimum atomic E-state index is -0.885. The summed E-state index contributed by atoms with van der Waals surface area (Å²) in [5.41, 5.74) is 0.545. The Labute approximate surface area is 173 Å². The van der Waals surface area contributed by atoms with Crippen molar-refractivity contribution >= 4 is 27.6 Å². The molecule has 0 bridgehead atoms. The van der Waals surface area contributed by atoms with Gasteiger partial charge in [-0.2, -0.15) is 5.26 Å². The molecular formula is C23H23FN4O2. The molecule has 1 aliphatic rings. The van der Waals surface area contributed by atoms with E-state index in [1.807, 2.05) is 25.1 Å². The average Bonchev–Trinajstić information content (AvgIpc) is 3.23. The molecule has 30 heavy (non-hydrogen) atoms. The molecule has 0 radical (unpaired) electrons. The van der Waals surface area contributed by atoms with Crippen LogP contribution in [0.2, 0.25) is 0 Å². The summed E-state index contributed by atoms with van der Waals surface area (Å²) in [6.45, 7) is 2.80. The Morgan fingerprint density at radius 3 is 2.87 bits per heavy atom. The normalized spacial score (nSPS) is 19.6. The SMILES string of the molecule is CC[C@H]1CCN[C@@H]1C(=O)NC(C#N)Cc1cc2c(=O)[nH]c3ccccc3c2cc1F. The lowest BCUT2D eigenvalue weighted by molar-refractivity contribution is -0.124. The van der Waals surface area contributed by atoms with Crippen molar-refractivity contribution in [1.82, 2.24) is 15.6 Å². The summed E-state index contributed by atoms with van der Waals surface area (Å²) in [6, 6.07) is 10.9. The van der Waals surface area contributed by atoms with Crippen LogP contribution in [-0.4, -0.2) is 29.5 Å². The Hall–Kier alpha value is -3.24. The second-order valence-electron chi connectivity index (χ2n) is 7.77. The highest BCUT2D eigenvalue weighted by molar-refractivity contribution is 6.05. The summed E-state index contributed by atoms with van der Waals surface area (Å²) >= 11 is 0. The van der Waals surface area contributed by atoms with Crippen LogP contribution in [0.25, 0.3) is 21.7 Å². The molecule has 2 aromatic carbocycles. The molecule has 1 amide bonds. The molecule has 1 unspecified atom stereocenters. The minimum absolute atomic E-state index is 0.0141. The minimum Gasteiger partial charge on any atom is -0.339 e. The number of hydrogen-bond acceptors (Lipinski definition) is 4. The summed E-state index contributed by atoms with van der Waals surface area (Å²) in [4.78, 5) is 27.9. The second kappa shape index (κ2) is 8.25. The van der Waals surface area contributed by atoms with E-state index < -0.39 is 11.9 Å². The third-order valence-corrected chi connectivity index (χ3v) is 5.95. The predicted molar refractivity (Wildman–Crippen MR) is 113 cm³/mol. The molecule has 7 heteroatoms. The maximum atomic E-state index is 14.9. The van der Waals surface area contributed by atoms with Crippen molar-refractivity contribution < 1.29 is 9.18 Å². The first kappa shape index (κ1) is 20.0. The van der Waals surface area contributed by atoms with Crippen molar-refractivity contribution in [3.05, 3.63) is 58.1 Å². The van der Waals surface area contributed by atoms with Gasteiger partial charge >= 0.3 is 0 Å². The first-order chi connectivity index (χ1) is 14.5. The smallest absolute Gasteiger partial charge is 0.256 e. The van der Waals surface area contributed by atoms with E-state index in [-0.39, 0.29) is 35.4 Å². The molecule has 1 aliphatic heterocycles. The van der Waals surface area contributed by atoms with Gasteiger partial charge in [-0.05, 0) is 48.0 Å². The molecule has 6 nitrogen and oxygen atoms in total. The first-order valence-corrected chi connectivity index (χ1v) is 10.2. The predicted octanol–water partition coefficient (Wildman–Crippen LogP) is 2.76. The molecule has 3 aromatic rings. The Balaban J connectivity index is 1.62. The number of rotatable bonds is 5. The highest BCUT2D eigenvalue weighted by atomic mass is 19.1. The summed E-state index contributed by atoms with van der Waals surface area (Å²) in [5.74, 6) is -0.511. The third kappa shape index (κ3) is 3.66. The molecule has 2 heterocycles. The van der Waals surface area contributed by atoms with Crippen LogP contribution in [0.3, 0.4) is 0 Å². The topological polar surface area (TPSA) is 97.8 Å². The molecule has 3 N–H and O–H groups in total. The summed E-state index contributed by atoms with van der Waals surface area (Å²) in [6.07, 6.45) is 1.78. The van der Waals surface area contributed by atoms with Crippen molar-refractivity contribution in [2.24, 2.45) is 5.92 Å². The molecule has 154 valence electrons. The second-order valence-corrected chi connectivity index (χ2v) is 7.77. The highest BCUT2D eigenvalue weighted by Gasteiger charge is 2.32. The van der Waals surface area contributed by atoms with Crippen LogP contribution in [0.5, 0.6) is 0 Å². The Morgan fingerprint density at radius 2 is 2.10 bits per heavy atom. The number of aromatic amines is 1. The lowest BCUT2D eigenvalue weighted by Crippen LogP contribution is -2.48. The zero-order valence-electron chi connectivity index (χ0n) is 16.7. The Kier molecular flexibility index (Phi) is 5.51. The Morgan fingerprint density at radius 1 is 1.30 bits per heavy atom. The fraction of sp³-hybridized carbons (Fsp3) is 0.348.